The van der Waals surface area contributed by atoms with E-state index in [0.29, 0.717) is 12.8 Å². The molecule has 2 nitrogen and oxygen atoms in total. The second-order valence-corrected chi connectivity index (χ2v) is 3.24. The minimum Gasteiger partial charge on any atom is -0.300 e. The van der Waals surface area contributed by atoms with E-state index < -0.39 is 0 Å². The van der Waals surface area contributed by atoms with E-state index in [4.69, 9.17) is 5.26 Å². The normalized spacial score (nSPS) is 33.4. The molecule has 0 aromatic carbocycles. The van der Waals surface area contributed by atoms with Crippen LogP contribution in [0.15, 0.2) is 0 Å². The van der Waals surface area contributed by atoms with Gasteiger partial charge >= 0.3 is 0 Å². The first-order chi connectivity index (χ1) is 4.66. The minimum atomic E-state index is -0.352. The first kappa shape index (κ1) is 7.27. The standard InChI is InChI=1S/C8H11NO/c1-8(6-9)4-2-3-7(10)5-8/h2-5H2,1H3/t8-/m0/s1. The van der Waals surface area contributed by atoms with Crippen LogP contribution in [0.5, 0.6) is 0 Å². The highest BCUT2D eigenvalue weighted by atomic mass is 16.1. The molecule has 1 saturated carbocycles. The molecular formula is C8H11NO. The molecule has 0 unspecified atom stereocenters. The summed E-state index contributed by atoms with van der Waals surface area (Å²) in [5.74, 6) is 0.246. The van der Waals surface area contributed by atoms with Crippen molar-refractivity contribution in [3.8, 4) is 6.07 Å². The molecule has 0 aromatic rings. The average molecular weight is 137 g/mol. The Labute approximate surface area is 60.8 Å². The maximum Gasteiger partial charge on any atom is 0.134 e. The lowest BCUT2D eigenvalue weighted by molar-refractivity contribution is -0.122. The van der Waals surface area contributed by atoms with Gasteiger partial charge in [0.05, 0.1) is 11.5 Å². The van der Waals surface area contributed by atoms with Crippen LogP contribution in [-0.4, -0.2) is 5.78 Å². The lowest BCUT2D eigenvalue weighted by atomic mass is 9.76. The molecule has 1 aliphatic carbocycles. The third kappa shape index (κ3) is 1.36. The summed E-state index contributed by atoms with van der Waals surface area (Å²) in [4.78, 5) is 10.9. The van der Waals surface area contributed by atoms with Crippen LogP contribution in [0.2, 0.25) is 0 Å². The number of ketones is 1. The van der Waals surface area contributed by atoms with Crippen LogP contribution in [0.3, 0.4) is 0 Å². The topological polar surface area (TPSA) is 40.9 Å². The summed E-state index contributed by atoms with van der Waals surface area (Å²) in [5.41, 5.74) is -0.352. The molecule has 1 atom stereocenters. The Morgan fingerprint density at radius 1 is 1.70 bits per heavy atom. The second-order valence-electron chi connectivity index (χ2n) is 3.24. The van der Waals surface area contributed by atoms with Crippen molar-refractivity contribution in [2.24, 2.45) is 5.41 Å². The lowest BCUT2D eigenvalue weighted by Crippen LogP contribution is -2.23. The number of carbonyl (C=O) groups is 1. The van der Waals surface area contributed by atoms with E-state index in [-0.39, 0.29) is 11.2 Å². The first-order valence-corrected chi connectivity index (χ1v) is 3.59. The summed E-state index contributed by atoms with van der Waals surface area (Å²) in [7, 11) is 0. The third-order valence-corrected chi connectivity index (χ3v) is 2.04. The number of nitriles is 1. The van der Waals surface area contributed by atoms with Crippen molar-refractivity contribution < 1.29 is 4.79 Å². The van der Waals surface area contributed by atoms with E-state index in [1.54, 1.807) is 0 Å². The van der Waals surface area contributed by atoms with Gasteiger partial charge in [0.2, 0.25) is 0 Å². The Balaban J connectivity index is 2.64. The number of hydrogen-bond donors (Lipinski definition) is 0. The van der Waals surface area contributed by atoms with Gasteiger partial charge in [0.1, 0.15) is 5.78 Å². The zero-order valence-electron chi connectivity index (χ0n) is 6.18. The molecule has 1 rings (SSSR count). The van der Waals surface area contributed by atoms with Crippen LogP contribution in [0.25, 0.3) is 0 Å². The summed E-state index contributed by atoms with van der Waals surface area (Å²) in [6.45, 7) is 1.87. The average Bonchev–Trinajstić information content (AvgIpc) is 1.88. The largest absolute Gasteiger partial charge is 0.300 e. The Bertz CT molecular complexity index is 192. The number of hydrogen-bond acceptors (Lipinski definition) is 2. The van der Waals surface area contributed by atoms with Gasteiger partial charge in [-0.25, -0.2) is 0 Å². The molecule has 0 radical (unpaired) electrons. The quantitative estimate of drug-likeness (QED) is 0.509. The molecule has 0 aliphatic heterocycles. The Kier molecular flexibility index (Phi) is 1.76. The molecule has 54 valence electrons. The maximum atomic E-state index is 10.9. The first-order valence-electron chi connectivity index (χ1n) is 3.59. The van der Waals surface area contributed by atoms with Crippen LogP contribution in [0.1, 0.15) is 32.6 Å². The summed E-state index contributed by atoms with van der Waals surface area (Å²) < 4.78 is 0. The highest BCUT2D eigenvalue weighted by Gasteiger charge is 2.30. The van der Waals surface area contributed by atoms with Crippen molar-refractivity contribution in [2.45, 2.75) is 32.6 Å². The smallest absolute Gasteiger partial charge is 0.134 e. The van der Waals surface area contributed by atoms with Crippen molar-refractivity contribution >= 4 is 5.78 Å². The molecule has 10 heavy (non-hydrogen) atoms. The van der Waals surface area contributed by atoms with Gasteiger partial charge in [0.15, 0.2) is 0 Å². The monoisotopic (exact) mass is 137 g/mol. The van der Waals surface area contributed by atoms with Gasteiger partial charge in [-0.05, 0) is 19.8 Å². The van der Waals surface area contributed by atoms with Crippen LogP contribution >= 0.6 is 0 Å². The van der Waals surface area contributed by atoms with Crippen molar-refractivity contribution in [3.63, 3.8) is 0 Å². The van der Waals surface area contributed by atoms with Crippen LogP contribution in [-0.2, 0) is 4.79 Å². The Hall–Kier alpha value is -0.840. The molecule has 2 heteroatoms. The second kappa shape index (κ2) is 2.42. The number of rotatable bonds is 0. The van der Waals surface area contributed by atoms with Crippen LogP contribution in [0.4, 0.5) is 0 Å². The lowest BCUT2D eigenvalue weighted by Gasteiger charge is -2.24. The fraction of sp³-hybridized carbons (Fsp3) is 0.750. The van der Waals surface area contributed by atoms with Gasteiger partial charge in [0, 0.05) is 12.8 Å². The zero-order chi connectivity index (χ0) is 7.61. The molecule has 0 aromatic heterocycles. The van der Waals surface area contributed by atoms with Crippen molar-refractivity contribution in [1.29, 1.82) is 5.26 Å². The number of carbonyl (C=O) groups excluding carboxylic acids is 1. The molecule has 0 heterocycles. The predicted octanol–water partition coefficient (Wildman–Crippen LogP) is 1.66. The predicted molar refractivity (Wildman–Crippen MR) is 37.2 cm³/mol. The summed E-state index contributed by atoms with van der Waals surface area (Å²) in [6, 6.07) is 2.19. The molecule has 0 N–H and O–H groups in total. The molecule has 0 bridgehead atoms. The maximum absolute atomic E-state index is 10.9. The molecule has 1 aliphatic rings. The minimum absolute atomic E-state index is 0.246. The van der Waals surface area contributed by atoms with Gasteiger partial charge in [-0.3, -0.25) is 4.79 Å². The van der Waals surface area contributed by atoms with Crippen molar-refractivity contribution in [2.75, 3.05) is 0 Å². The van der Waals surface area contributed by atoms with Crippen molar-refractivity contribution in [1.82, 2.24) is 0 Å². The molecular weight excluding hydrogens is 126 g/mol. The van der Waals surface area contributed by atoms with E-state index in [0.717, 1.165) is 12.8 Å². The summed E-state index contributed by atoms with van der Waals surface area (Å²) in [6.07, 6.45) is 2.92. The van der Waals surface area contributed by atoms with Gasteiger partial charge in [-0.2, -0.15) is 5.26 Å². The van der Waals surface area contributed by atoms with Crippen LogP contribution in [0, 0.1) is 16.7 Å². The van der Waals surface area contributed by atoms with Gasteiger partial charge in [-0.1, -0.05) is 0 Å². The summed E-state index contributed by atoms with van der Waals surface area (Å²) in [5, 5.41) is 8.67. The van der Waals surface area contributed by atoms with E-state index in [9.17, 15) is 4.79 Å². The molecule has 0 spiro atoms. The molecule has 0 amide bonds. The summed E-state index contributed by atoms with van der Waals surface area (Å²) >= 11 is 0. The fourth-order valence-corrected chi connectivity index (χ4v) is 1.38. The van der Waals surface area contributed by atoms with Crippen LogP contribution < -0.4 is 0 Å². The highest BCUT2D eigenvalue weighted by molar-refractivity contribution is 5.80. The highest BCUT2D eigenvalue weighted by Crippen LogP contribution is 2.32. The van der Waals surface area contributed by atoms with Gasteiger partial charge in [-0.15, -0.1) is 0 Å². The van der Waals surface area contributed by atoms with E-state index in [2.05, 4.69) is 6.07 Å². The van der Waals surface area contributed by atoms with E-state index >= 15 is 0 Å². The fourth-order valence-electron chi connectivity index (χ4n) is 1.38. The zero-order valence-corrected chi connectivity index (χ0v) is 6.18. The van der Waals surface area contributed by atoms with E-state index in [1.807, 2.05) is 6.92 Å². The van der Waals surface area contributed by atoms with Gasteiger partial charge < -0.3 is 0 Å². The number of Topliss-reactive ketones (excluding diaryl/α,β-unsaturated/α-hetero) is 1. The van der Waals surface area contributed by atoms with E-state index in [1.165, 1.54) is 0 Å². The number of nitrogens with zero attached hydrogens (tertiary/aromatic N) is 1. The SMILES string of the molecule is C[C@]1(C#N)CCCC(=O)C1. The van der Waals surface area contributed by atoms with Gasteiger partial charge in [0.25, 0.3) is 0 Å². The molecule has 0 saturated heterocycles. The third-order valence-electron chi connectivity index (χ3n) is 2.04. The Morgan fingerprint density at radius 2 is 2.40 bits per heavy atom. The Morgan fingerprint density at radius 3 is 2.80 bits per heavy atom. The molecule has 1 fully saturated rings. The van der Waals surface area contributed by atoms with Crippen molar-refractivity contribution in [3.05, 3.63) is 0 Å².